The molecule has 0 aliphatic heterocycles. The molecule has 0 bridgehead atoms. The smallest absolute Gasteiger partial charge is 0.191 e. The summed E-state index contributed by atoms with van der Waals surface area (Å²) in [4.78, 5) is 4.00. The largest absolute Gasteiger partial charge is 0.441 e. The molecule has 0 atom stereocenters. The number of hydrogen-bond acceptors (Lipinski definition) is 3. The Kier molecular flexibility index (Phi) is 2.04. The highest BCUT2D eigenvalue weighted by atomic mass is 16.4. The van der Waals surface area contributed by atoms with E-state index in [0.717, 1.165) is 5.56 Å². The van der Waals surface area contributed by atoms with Gasteiger partial charge in [0.1, 0.15) is 0 Å². The number of aryl methyl sites for hydroxylation is 1. The third-order valence-corrected chi connectivity index (χ3v) is 1.90. The van der Waals surface area contributed by atoms with Gasteiger partial charge >= 0.3 is 0 Å². The number of nitrogens with zero attached hydrogens (tertiary/aromatic N) is 2. The topological polar surface area (TPSA) is 49.8 Å². The summed E-state index contributed by atoms with van der Waals surface area (Å²) in [5.74, 6) is 1.32. The van der Waals surface area contributed by atoms with Crippen molar-refractivity contribution in [2.45, 2.75) is 6.92 Å². The van der Waals surface area contributed by atoms with E-state index in [9.17, 15) is 0 Å². The molecule has 3 heteroatoms. The molecule has 14 heavy (non-hydrogen) atoms. The minimum Gasteiger partial charge on any atom is -0.441 e. The van der Waals surface area contributed by atoms with Crippen molar-refractivity contribution in [3.8, 4) is 17.4 Å². The molecule has 0 aliphatic rings. The first-order valence-electron chi connectivity index (χ1n) is 4.22. The SMILES string of the molecule is Cc1ncc(-c2cccc(C#N)c2)o1. The average Bonchev–Trinajstić information content (AvgIpc) is 2.65. The quantitative estimate of drug-likeness (QED) is 0.684. The van der Waals surface area contributed by atoms with Crippen LogP contribution in [0, 0.1) is 18.3 Å². The number of rotatable bonds is 1. The second-order valence-electron chi connectivity index (χ2n) is 2.94. The van der Waals surface area contributed by atoms with Gasteiger partial charge < -0.3 is 4.42 Å². The molecule has 1 heterocycles. The van der Waals surface area contributed by atoms with Crippen molar-refractivity contribution < 1.29 is 4.42 Å². The van der Waals surface area contributed by atoms with Crippen molar-refractivity contribution in [1.82, 2.24) is 4.98 Å². The van der Waals surface area contributed by atoms with Gasteiger partial charge in [-0.25, -0.2) is 4.98 Å². The van der Waals surface area contributed by atoms with Crippen molar-refractivity contribution in [1.29, 1.82) is 5.26 Å². The van der Waals surface area contributed by atoms with Crippen LogP contribution >= 0.6 is 0 Å². The van der Waals surface area contributed by atoms with Crippen molar-refractivity contribution in [2.75, 3.05) is 0 Å². The molecule has 0 spiro atoms. The first-order valence-corrected chi connectivity index (χ1v) is 4.22. The number of nitriles is 1. The van der Waals surface area contributed by atoms with Gasteiger partial charge in [0, 0.05) is 12.5 Å². The van der Waals surface area contributed by atoms with Crippen LogP contribution in [0.4, 0.5) is 0 Å². The van der Waals surface area contributed by atoms with Gasteiger partial charge in [-0.1, -0.05) is 12.1 Å². The van der Waals surface area contributed by atoms with Crippen LogP contribution in [0.3, 0.4) is 0 Å². The van der Waals surface area contributed by atoms with Gasteiger partial charge in [-0.15, -0.1) is 0 Å². The second-order valence-corrected chi connectivity index (χ2v) is 2.94. The fourth-order valence-corrected chi connectivity index (χ4v) is 1.24. The summed E-state index contributed by atoms with van der Waals surface area (Å²) in [5, 5.41) is 8.72. The van der Waals surface area contributed by atoms with Crippen molar-refractivity contribution in [3.63, 3.8) is 0 Å². The Morgan fingerprint density at radius 3 is 2.93 bits per heavy atom. The van der Waals surface area contributed by atoms with Crippen molar-refractivity contribution in [2.24, 2.45) is 0 Å². The highest BCUT2D eigenvalue weighted by molar-refractivity contribution is 5.58. The molecule has 0 saturated carbocycles. The lowest BCUT2D eigenvalue weighted by atomic mass is 10.1. The zero-order valence-corrected chi connectivity index (χ0v) is 7.69. The van der Waals surface area contributed by atoms with Crippen LogP contribution in [-0.2, 0) is 0 Å². The molecule has 68 valence electrons. The van der Waals surface area contributed by atoms with Crippen LogP contribution in [0.2, 0.25) is 0 Å². The Balaban J connectivity index is 2.47. The Hall–Kier alpha value is -2.08. The lowest BCUT2D eigenvalue weighted by molar-refractivity contribution is 0.534. The molecule has 1 aromatic carbocycles. The fourth-order valence-electron chi connectivity index (χ4n) is 1.24. The maximum Gasteiger partial charge on any atom is 0.191 e. The number of aromatic nitrogens is 1. The Bertz CT molecular complexity index is 494. The van der Waals surface area contributed by atoms with E-state index in [1.165, 1.54) is 0 Å². The van der Waals surface area contributed by atoms with E-state index in [4.69, 9.17) is 9.68 Å². The first-order chi connectivity index (χ1) is 6.79. The van der Waals surface area contributed by atoms with Crippen LogP contribution in [0.5, 0.6) is 0 Å². The minimum absolute atomic E-state index is 0.622. The molecule has 0 fully saturated rings. The van der Waals surface area contributed by atoms with Crippen LogP contribution < -0.4 is 0 Å². The summed E-state index contributed by atoms with van der Waals surface area (Å²) in [6.07, 6.45) is 1.66. The predicted molar refractivity (Wildman–Crippen MR) is 51.4 cm³/mol. The second kappa shape index (κ2) is 3.35. The molecule has 0 unspecified atom stereocenters. The lowest BCUT2D eigenvalue weighted by Crippen LogP contribution is -1.76. The number of hydrogen-bond donors (Lipinski definition) is 0. The van der Waals surface area contributed by atoms with E-state index in [1.54, 1.807) is 25.3 Å². The summed E-state index contributed by atoms with van der Waals surface area (Å²) in [6, 6.07) is 9.33. The lowest BCUT2D eigenvalue weighted by Gasteiger charge is -1.95. The third-order valence-electron chi connectivity index (χ3n) is 1.90. The van der Waals surface area contributed by atoms with Gasteiger partial charge in [0.25, 0.3) is 0 Å². The third kappa shape index (κ3) is 1.50. The molecule has 1 aromatic heterocycles. The molecule has 0 radical (unpaired) electrons. The van der Waals surface area contributed by atoms with Crippen LogP contribution in [-0.4, -0.2) is 4.98 Å². The molecular weight excluding hydrogens is 176 g/mol. The zero-order valence-electron chi connectivity index (χ0n) is 7.69. The molecule has 0 N–H and O–H groups in total. The summed E-state index contributed by atoms with van der Waals surface area (Å²) in [5.41, 5.74) is 1.50. The number of oxazole rings is 1. The van der Waals surface area contributed by atoms with Gasteiger partial charge in [-0.2, -0.15) is 5.26 Å². The average molecular weight is 184 g/mol. The molecular formula is C11H8N2O. The molecule has 0 saturated heterocycles. The fraction of sp³-hybridized carbons (Fsp3) is 0.0909. The molecule has 2 aromatic rings. The van der Waals surface area contributed by atoms with E-state index in [0.29, 0.717) is 17.2 Å². The predicted octanol–water partition coefficient (Wildman–Crippen LogP) is 2.52. The van der Waals surface area contributed by atoms with Crippen LogP contribution in [0.1, 0.15) is 11.5 Å². The Morgan fingerprint density at radius 1 is 1.43 bits per heavy atom. The van der Waals surface area contributed by atoms with Gasteiger partial charge in [0.2, 0.25) is 0 Å². The normalized spacial score (nSPS) is 9.71. The monoisotopic (exact) mass is 184 g/mol. The minimum atomic E-state index is 0.622. The zero-order chi connectivity index (χ0) is 9.97. The van der Waals surface area contributed by atoms with Crippen molar-refractivity contribution in [3.05, 3.63) is 41.9 Å². The first kappa shape index (κ1) is 8.52. The summed E-state index contributed by atoms with van der Waals surface area (Å²) in [7, 11) is 0. The Labute approximate surface area is 81.6 Å². The van der Waals surface area contributed by atoms with Crippen LogP contribution in [0.25, 0.3) is 11.3 Å². The maximum absolute atomic E-state index is 8.72. The highest BCUT2D eigenvalue weighted by Crippen LogP contribution is 2.20. The molecule has 0 amide bonds. The van der Waals surface area contributed by atoms with E-state index >= 15 is 0 Å². The van der Waals surface area contributed by atoms with E-state index in [2.05, 4.69) is 11.1 Å². The number of benzene rings is 1. The van der Waals surface area contributed by atoms with Gasteiger partial charge in [0.15, 0.2) is 11.7 Å². The Morgan fingerprint density at radius 2 is 2.29 bits per heavy atom. The van der Waals surface area contributed by atoms with Gasteiger partial charge in [0.05, 0.1) is 17.8 Å². The maximum atomic E-state index is 8.72. The summed E-state index contributed by atoms with van der Waals surface area (Å²) < 4.78 is 5.35. The van der Waals surface area contributed by atoms with Crippen LogP contribution in [0.15, 0.2) is 34.9 Å². The summed E-state index contributed by atoms with van der Waals surface area (Å²) >= 11 is 0. The van der Waals surface area contributed by atoms with E-state index in [1.807, 2.05) is 12.1 Å². The van der Waals surface area contributed by atoms with Crippen molar-refractivity contribution >= 4 is 0 Å². The van der Waals surface area contributed by atoms with E-state index < -0.39 is 0 Å². The van der Waals surface area contributed by atoms with Gasteiger partial charge in [-0.05, 0) is 12.1 Å². The molecule has 0 aliphatic carbocycles. The van der Waals surface area contributed by atoms with Gasteiger partial charge in [-0.3, -0.25) is 0 Å². The molecule has 2 rings (SSSR count). The standard InChI is InChI=1S/C11H8N2O/c1-8-13-7-11(14-8)10-4-2-3-9(5-10)6-12/h2-5,7H,1H3. The van der Waals surface area contributed by atoms with E-state index in [-0.39, 0.29) is 0 Å². The molecule has 3 nitrogen and oxygen atoms in total. The summed E-state index contributed by atoms with van der Waals surface area (Å²) in [6.45, 7) is 1.79. The highest BCUT2D eigenvalue weighted by Gasteiger charge is 2.03.